The van der Waals surface area contributed by atoms with E-state index in [9.17, 15) is 4.79 Å². The number of nitrogens with zero attached hydrogens (tertiary/aromatic N) is 1. The SMILES string of the molecule is CC(C)CN(C)C(=O)C1(c2ccc(Br)cc2)CC1. The lowest BCUT2D eigenvalue weighted by Crippen LogP contribution is -2.38. The smallest absolute Gasteiger partial charge is 0.232 e. The Bertz CT molecular complexity index is 434. The summed E-state index contributed by atoms with van der Waals surface area (Å²) in [6.45, 7) is 5.11. The minimum Gasteiger partial charge on any atom is -0.345 e. The third-order valence-electron chi connectivity index (χ3n) is 3.54. The zero-order valence-electron chi connectivity index (χ0n) is 11.2. The number of hydrogen-bond acceptors (Lipinski definition) is 1. The van der Waals surface area contributed by atoms with E-state index in [4.69, 9.17) is 0 Å². The first kappa shape index (κ1) is 13.6. The van der Waals surface area contributed by atoms with Crippen LogP contribution in [0.4, 0.5) is 0 Å². The van der Waals surface area contributed by atoms with Crippen molar-refractivity contribution in [1.29, 1.82) is 0 Å². The number of amides is 1. The quantitative estimate of drug-likeness (QED) is 0.832. The number of benzene rings is 1. The first-order chi connectivity index (χ1) is 8.45. The molecule has 3 heteroatoms. The van der Waals surface area contributed by atoms with Gasteiger partial charge in [0.1, 0.15) is 0 Å². The Labute approximate surface area is 117 Å². The Balaban J connectivity index is 2.16. The van der Waals surface area contributed by atoms with Gasteiger partial charge in [-0.25, -0.2) is 0 Å². The molecule has 2 rings (SSSR count). The van der Waals surface area contributed by atoms with Gasteiger partial charge in [-0.3, -0.25) is 4.79 Å². The fourth-order valence-corrected chi connectivity index (χ4v) is 2.78. The molecule has 18 heavy (non-hydrogen) atoms. The second-order valence-corrected chi connectivity index (χ2v) is 6.58. The molecule has 1 saturated carbocycles. The number of rotatable bonds is 4. The molecule has 0 unspecified atom stereocenters. The molecule has 0 bridgehead atoms. The van der Waals surface area contributed by atoms with Crippen LogP contribution in [0, 0.1) is 5.92 Å². The van der Waals surface area contributed by atoms with Gasteiger partial charge in [0, 0.05) is 18.1 Å². The molecule has 1 aromatic rings. The van der Waals surface area contributed by atoms with Crippen LogP contribution in [0.25, 0.3) is 0 Å². The summed E-state index contributed by atoms with van der Waals surface area (Å²) in [6.07, 6.45) is 1.96. The van der Waals surface area contributed by atoms with Crippen LogP contribution in [0.3, 0.4) is 0 Å². The van der Waals surface area contributed by atoms with E-state index in [-0.39, 0.29) is 11.3 Å². The fourth-order valence-electron chi connectivity index (χ4n) is 2.52. The normalized spacial score (nSPS) is 16.7. The molecule has 0 aromatic heterocycles. The maximum absolute atomic E-state index is 12.6. The summed E-state index contributed by atoms with van der Waals surface area (Å²) in [5.74, 6) is 0.790. The third-order valence-corrected chi connectivity index (χ3v) is 4.07. The molecule has 1 aliphatic carbocycles. The van der Waals surface area contributed by atoms with E-state index in [1.54, 1.807) is 0 Å². The highest BCUT2D eigenvalue weighted by atomic mass is 79.9. The molecule has 1 amide bonds. The van der Waals surface area contributed by atoms with E-state index >= 15 is 0 Å². The van der Waals surface area contributed by atoms with E-state index in [2.05, 4.69) is 41.9 Å². The molecule has 0 spiro atoms. The molecule has 1 aromatic carbocycles. The maximum Gasteiger partial charge on any atom is 0.232 e. The molecule has 1 fully saturated rings. The molecular formula is C15H20BrNO. The summed E-state index contributed by atoms with van der Waals surface area (Å²) in [5, 5.41) is 0. The van der Waals surface area contributed by atoms with Gasteiger partial charge in [0.25, 0.3) is 0 Å². The van der Waals surface area contributed by atoms with Gasteiger partial charge in [0.05, 0.1) is 5.41 Å². The molecule has 1 aliphatic rings. The van der Waals surface area contributed by atoms with Crippen LogP contribution in [-0.4, -0.2) is 24.4 Å². The second kappa shape index (κ2) is 5.04. The minimum atomic E-state index is -0.232. The summed E-state index contributed by atoms with van der Waals surface area (Å²) < 4.78 is 1.06. The van der Waals surface area contributed by atoms with Crippen molar-refractivity contribution in [1.82, 2.24) is 4.90 Å². The monoisotopic (exact) mass is 309 g/mol. The highest BCUT2D eigenvalue weighted by molar-refractivity contribution is 9.10. The fraction of sp³-hybridized carbons (Fsp3) is 0.533. The van der Waals surface area contributed by atoms with E-state index in [0.29, 0.717) is 5.92 Å². The first-order valence-electron chi connectivity index (χ1n) is 6.47. The van der Waals surface area contributed by atoms with Crippen molar-refractivity contribution in [3.8, 4) is 0 Å². The summed E-state index contributed by atoms with van der Waals surface area (Å²) in [4.78, 5) is 14.5. The molecule has 0 heterocycles. The van der Waals surface area contributed by atoms with Gasteiger partial charge >= 0.3 is 0 Å². The van der Waals surface area contributed by atoms with Crippen molar-refractivity contribution in [2.24, 2.45) is 5.92 Å². The van der Waals surface area contributed by atoms with Crippen LogP contribution in [0.5, 0.6) is 0 Å². The lowest BCUT2D eigenvalue weighted by atomic mass is 9.94. The number of hydrogen-bond donors (Lipinski definition) is 0. The Hall–Kier alpha value is -0.830. The number of likely N-dealkylation sites (N-methyl/N-ethyl adjacent to an activating group) is 1. The minimum absolute atomic E-state index is 0.232. The Morgan fingerprint density at radius 3 is 2.33 bits per heavy atom. The highest BCUT2D eigenvalue weighted by Crippen LogP contribution is 2.49. The van der Waals surface area contributed by atoms with E-state index in [1.807, 2.05) is 24.1 Å². The molecule has 0 atom stereocenters. The van der Waals surface area contributed by atoms with Crippen molar-refractivity contribution in [3.05, 3.63) is 34.3 Å². The average molecular weight is 310 g/mol. The molecule has 98 valence electrons. The Morgan fingerprint density at radius 1 is 1.33 bits per heavy atom. The molecule has 0 N–H and O–H groups in total. The van der Waals surface area contributed by atoms with Crippen LogP contribution in [0.2, 0.25) is 0 Å². The predicted octanol–water partition coefficient (Wildman–Crippen LogP) is 3.60. The summed E-state index contributed by atoms with van der Waals surface area (Å²) in [7, 11) is 1.92. The lowest BCUT2D eigenvalue weighted by molar-refractivity contribution is -0.133. The van der Waals surface area contributed by atoms with Gasteiger partial charge in [0.2, 0.25) is 5.91 Å². The topological polar surface area (TPSA) is 20.3 Å². The summed E-state index contributed by atoms with van der Waals surface area (Å²) >= 11 is 3.44. The molecule has 0 aliphatic heterocycles. The van der Waals surface area contributed by atoms with Gasteiger partial charge in [-0.1, -0.05) is 41.9 Å². The highest BCUT2D eigenvalue weighted by Gasteiger charge is 2.52. The third kappa shape index (κ3) is 2.61. The molecule has 0 saturated heterocycles. The number of carbonyl (C=O) groups is 1. The van der Waals surface area contributed by atoms with E-state index in [0.717, 1.165) is 29.4 Å². The Kier molecular flexibility index (Phi) is 3.81. The lowest BCUT2D eigenvalue weighted by Gasteiger charge is -2.25. The Morgan fingerprint density at radius 2 is 1.89 bits per heavy atom. The van der Waals surface area contributed by atoms with Gasteiger partial charge in [-0.15, -0.1) is 0 Å². The van der Waals surface area contributed by atoms with Gasteiger partial charge in [0.15, 0.2) is 0 Å². The second-order valence-electron chi connectivity index (χ2n) is 5.67. The number of halogens is 1. The van der Waals surface area contributed by atoms with Crippen LogP contribution >= 0.6 is 15.9 Å². The predicted molar refractivity (Wildman–Crippen MR) is 77.5 cm³/mol. The molecule has 0 radical (unpaired) electrons. The summed E-state index contributed by atoms with van der Waals surface area (Å²) in [6, 6.07) is 8.17. The van der Waals surface area contributed by atoms with Gasteiger partial charge in [-0.05, 0) is 36.5 Å². The standard InChI is InChI=1S/C15H20BrNO/c1-11(2)10-17(3)14(18)15(8-9-15)12-4-6-13(16)7-5-12/h4-7,11H,8-10H2,1-3H3. The first-order valence-corrected chi connectivity index (χ1v) is 7.26. The van der Waals surface area contributed by atoms with Crippen molar-refractivity contribution in [2.75, 3.05) is 13.6 Å². The van der Waals surface area contributed by atoms with Crippen LogP contribution in [0.1, 0.15) is 32.3 Å². The maximum atomic E-state index is 12.6. The van der Waals surface area contributed by atoms with E-state index in [1.165, 1.54) is 0 Å². The van der Waals surface area contributed by atoms with Gasteiger partial charge in [-0.2, -0.15) is 0 Å². The zero-order valence-corrected chi connectivity index (χ0v) is 12.8. The molecular weight excluding hydrogens is 290 g/mol. The van der Waals surface area contributed by atoms with Crippen LogP contribution in [-0.2, 0) is 10.2 Å². The molecule has 2 nitrogen and oxygen atoms in total. The number of carbonyl (C=O) groups excluding carboxylic acids is 1. The van der Waals surface area contributed by atoms with Crippen molar-refractivity contribution < 1.29 is 4.79 Å². The van der Waals surface area contributed by atoms with Gasteiger partial charge < -0.3 is 4.90 Å². The average Bonchev–Trinajstić information content (AvgIpc) is 3.09. The van der Waals surface area contributed by atoms with Crippen molar-refractivity contribution >= 4 is 21.8 Å². The largest absolute Gasteiger partial charge is 0.345 e. The zero-order chi connectivity index (χ0) is 13.3. The van der Waals surface area contributed by atoms with Crippen LogP contribution in [0.15, 0.2) is 28.7 Å². The van der Waals surface area contributed by atoms with Crippen molar-refractivity contribution in [2.45, 2.75) is 32.1 Å². The van der Waals surface area contributed by atoms with Crippen molar-refractivity contribution in [3.63, 3.8) is 0 Å². The van der Waals surface area contributed by atoms with E-state index < -0.39 is 0 Å². The van der Waals surface area contributed by atoms with Crippen LogP contribution < -0.4 is 0 Å². The summed E-state index contributed by atoms with van der Waals surface area (Å²) in [5.41, 5.74) is 0.927.